The SMILES string of the molecule is NC(=O)C(c1ccco1)(C1CCCCC1)N(C(=O)C(F)(F)F)C1CC1. The van der Waals surface area contributed by atoms with Crippen LogP contribution in [-0.4, -0.2) is 28.9 Å². The van der Waals surface area contributed by atoms with E-state index in [4.69, 9.17) is 10.2 Å². The zero-order valence-electron chi connectivity index (χ0n) is 13.7. The van der Waals surface area contributed by atoms with Gasteiger partial charge in [-0.1, -0.05) is 19.3 Å². The van der Waals surface area contributed by atoms with E-state index in [1.165, 1.54) is 18.4 Å². The number of amides is 2. The van der Waals surface area contributed by atoms with E-state index in [-0.39, 0.29) is 5.76 Å². The first-order valence-corrected chi connectivity index (χ1v) is 8.54. The maximum Gasteiger partial charge on any atom is 0.471 e. The predicted molar refractivity (Wildman–Crippen MR) is 82.1 cm³/mol. The first-order chi connectivity index (χ1) is 11.8. The minimum Gasteiger partial charge on any atom is -0.466 e. The van der Waals surface area contributed by atoms with Crippen LogP contribution < -0.4 is 5.73 Å². The van der Waals surface area contributed by atoms with Gasteiger partial charge in [0.25, 0.3) is 5.91 Å². The molecule has 5 nitrogen and oxygen atoms in total. The van der Waals surface area contributed by atoms with Gasteiger partial charge in [-0.05, 0) is 43.7 Å². The van der Waals surface area contributed by atoms with Crippen LogP contribution in [0.3, 0.4) is 0 Å². The predicted octanol–water partition coefficient (Wildman–Crippen LogP) is 3.09. The van der Waals surface area contributed by atoms with Gasteiger partial charge in [0, 0.05) is 6.04 Å². The smallest absolute Gasteiger partial charge is 0.466 e. The molecule has 0 aliphatic heterocycles. The second kappa shape index (κ2) is 6.38. The van der Waals surface area contributed by atoms with Crippen LogP contribution in [0.2, 0.25) is 0 Å². The summed E-state index contributed by atoms with van der Waals surface area (Å²) in [6, 6.07) is 2.30. The molecule has 2 N–H and O–H groups in total. The second-order valence-corrected chi connectivity index (χ2v) is 6.85. The van der Waals surface area contributed by atoms with E-state index in [0.29, 0.717) is 30.6 Å². The van der Waals surface area contributed by atoms with Crippen molar-refractivity contribution in [2.45, 2.75) is 62.7 Å². The molecule has 2 amide bonds. The first-order valence-electron chi connectivity index (χ1n) is 8.54. The Hall–Kier alpha value is -1.99. The van der Waals surface area contributed by atoms with E-state index in [9.17, 15) is 22.8 Å². The molecule has 1 heterocycles. The van der Waals surface area contributed by atoms with Crippen molar-refractivity contribution in [2.75, 3.05) is 0 Å². The summed E-state index contributed by atoms with van der Waals surface area (Å²) < 4.78 is 45.3. The normalized spacial score (nSPS) is 21.6. The molecule has 1 aromatic heterocycles. The van der Waals surface area contributed by atoms with Gasteiger partial charge in [-0.3, -0.25) is 9.59 Å². The molecule has 0 radical (unpaired) electrons. The molecule has 138 valence electrons. The number of primary amides is 1. The van der Waals surface area contributed by atoms with Crippen molar-refractivity contribution in [1.82, 2.24) is 4.90 Å². The van der Waals surface area contributed by atoms with E-state index in [1.54, 1.807) is 0 Å². The summed E-state index contributed by atoms with van der Waals surface area (Å²) in [5.41, 5.74) is 3.79. The highest BCUT2D eigenvalue weighted by molar-refractivity contribution is 5.93. The van der Waals surface area contributed by atoms with E-state index in [2.05, 4.69) is 0 Å². The molecule has 0 aromatic carbocycles. The first kappa shape index (κ1) is 17.8. The van der Waals surface area contributed by atoms with Crippen LogP contribution in [0.25, 0.3) is 0 Å². The lowest BCUT2D eigenvalue weighted by molar-refractivity contribution is -0.198. The number of furan rings is 1. The Morgan fingerprint density at radius 3 is 2.20 bits per heavy atom. The summed E-state index contributed by atoms with van der Waals surface area (Å²) in [6.45, 7) is 0. The highest BCUT2D eigenvalue weighted by atomic mass is 19.4. The molecule has 1 unspecified atom stereocenters. The van der Waals surface area contributed by atoms with Gasteiger partial charge < -0.3 is 15.1 Å². The molecule has 2 aliphatic carbocycles. The van der Waals surface area contributed by atoms with Gasteiger partial charge in [0.15, 0.2) is 5.54 Å². The Morgan fingerprint density at radius 1 is 1.12 bits per heavy atom. The van der Waals surface area contributed by atoms with Crippen LogP contribution in [0.1, 0.15) is 50.7 Å². The van der Waals surface area contributed by atoms with Crippen LogP contribution in [0.15, 0.2) is 22.8 Å². The summed E-state index contributed by atoms with van der Waals surface area (Å²) >= 11 is 0. The Balaban J connectivity index is 2.17. The number of halogens is 3. The average molecular weight is 358 g/mol. The summed E-state index contributed by atoms with van der Waals surface area (Å²) in [4.78, 5) is 25.6. The molecular weight excluding hydrogens is 337 g/mol. The summed E-state index contributed by atoms with van der Waals surface area (Å²) in [7, 11) is 0. The van der Waals surface area contributed by atoms with Gasteiger partial charge >= 0.3 is 12.1 Å². The van der Waals surface area contributed by atoms with Crippen molar-refractivity contribution >= 4 is 11.8 Å². The summed E-state index contributed by atoms with van der Waals surface area (Å²) in [5.74, 6) is -3.44. The lowest BCUT2D eigenvalue weighted by Crippen LogP contribution is -2.64. The highest BCUT2D eigenvalue weighted by Gasteiger charge is 2.62. The fraction of sp³-hybridized carbons (Fsp3) is 0.647. The molecule has 0 spiro atoms. The Morgan fingerprint density at radius 2 is 1.76 bits per heavy atom. The third-order valence-electron chi connectivity index (χ3n) is 5.22. The van der Waals surface area contributed by atoms with Gasteiger partial charge in [-0.15, -0.1) is 0 Å². The highest BCUT2D eigenvalue weighted by Crippen LogP contribution is 2.49. The number of carbonyl (C=O) groups excluding carboxylic acids is 2. The van der Waals surface area contributed by atoms with E-state index in [0.717, 1.165) is 19.3 Å². The average Bonchev–Trinajstić information content (AvgIpc) is 3.24. The molecule has 25 heavy (non-hydrogen) atoms. The molecule has 1 aromatic rings. The maximum absolute atomic E-state index is 13.3. The van der Waals surface area contributed by atoms with Gasteiger partial charge in [-0.25, -0.2) is 0 Å². The zero-order valence-corrected chi connectivity index (χ0v) is 13.7. The summed E-state index contributed by atoms with van der Waals surface area (Å²) in [5, 5.41) is 0. The van der Waals surface area contributed by atoms with Gasteiger partial charge in [0.1, 0.15) is 5.76 Å². The van der Waals surface area contributed by atoms with E-state index < -0.39 is 35.5 Å². The number of alkyl halides is 3. The van der Waals surface area contributed by atoms with Crippen molar-refractivity contribution in [1.29, 1.82) is 0 Å². The third kappa shape index (κ3) is 3.02. The maximum atomic E-state index is 13.3. The lowest BCUT2D eigenvalue weighted by Gasteiger charge is -2.46. The molecule has 2 fully saturated rings. The Kier molecular flexibility index (Phi) is 4.55. The molecule has 2 aliphatic rings. The largest absolute Gasteiger partial charge is 0.471 e. The van der Waals surface area contributed by atoms with Gasteiger partial charge in [0.05, 0.1) is 6.26 Å². The minimum absolute atomic E-state index is 0.0244. The van der Waals surface area contributed by atoms with Crippen molar-refractivity contribution in [2.24, 2.45) is 11.7 Å². The van der Waals surface area contributed by atoms with Crippen molar-refractivity contribution < 1.29 is 27.2 Å². The van der Waals surface area contributed by atoms with E-state index >= 15 is 0 Å². The molecule has 0 saturated heterocycles. The van der Waals surface area contributed by atoms with Gasteiger partial charge in [-0.2, -0.15) is 13.2 Å². The number of hydrogen-bond acceptors (Lipinski definition) is 3. The monoisotopic (exact) mass is 358 g/mol. The fourth-order valence-electron chi connectivity index (χ4n) is 4.06. The molecule has 1 atom stereocenters. The van der Waals surface area contributed by atoms with Gasteiger partial charge in [0.2, 0.25) is 0 Å². The topological polar surface area (TPSA) is 76.5 Å². The number of hydrogen-bond donors (Lipinski definition) is 1. The van der Waals surface area contributed by atoms with Crippen LogP contribution in [0.4, 0.5) is 13.2 Å². The molecule has 8 heteroatoms. The van der Waals surface area contributed by atoms with Crippen molar-refractivity contribution in [3.05, 3.63) is 24.2 Å². The molecule has 2 saturated carbocycles. The molecular formula is C17H21F3N2O3. The second-order valence-electron chi connectivity index (χ2n) is 6.85. The minimum atomic E-state index is -5.08. The molecule has 3 rings (SSSR count). The summed E-state index contributed by atoms with van der Waals surface area (Å²) in [6.07, 6.45) is 0.604. The Bertz CT molecular complexity index is 634. The fourth-order valence-corrected chi connectivity index (χ4v) is 4.06. The number of rotatable bonds is 5. The zero-order chi connectivity index (χ0) is 18.2. The van der Waals surface area contributed by atoms with Crippen molar-refractivity contribution in [3.8, 4) is 0 Å². The lowest BCUT2D eigenvalue weighted by atomic mass is 9.71. The van der Waals surface area contributed by atoms with Crippen LogP contribution in [0, 0.1) is 5.92 Å². The quantitative estimate of drug-likeness (QED) is 0.879. The van der Waals surface area contributed by atoms with Crippen LogP contribution in [0.5, 0.6) is 0 Å². The van der Waals surface area contributed by atoms with Crippen LogP contribution >= 0.6 is 0 Å². The molecule has 0 bridgehead atoms. The third-order valence-corrected chi connectivity index (χ3v) is 5.22. The Labute approximate surface area is 143 Å². The number of nitrogens with two attached hydrogens (primary N) is 1. The standard InChI is InChI=1S/C17H21F3N2O3/c18-17(19,20)15(24)22(12-8-9-12)16(14(21)23,13-7-4-10-25-13)11-5-2-1-3-6-11/h4,7,10-12H,1-3,5-6,8-9H2,(H2,21,23). The van der Waals surface area contributed by atoms with E-state index in [1.807, 2.05) is 0 Å². The van der Waals surface area contributed by atoms with Crippen molar-refractivity contribution in [3.63, 3.8) is 0 Å². The number of carbonyl (C=O) groups is 2. The van der Waals surface area contributed by atoms with Crippen LogP contribution in [-0.2, 0) is 15.1 Å². The number of nitrogens with zero attached hydrogens (tertiary/aromatic N) is 1.